The van der Waals surface area contributed by atoms with Gasteiger partial charge in [-0.05, 0) is 24.6 Å². The van der Waals surface area contributed by atoms with Crippen LogP contribution in [0, 0.1) is 17.0 Å². The van der Waals surface area contributed by atoms with Crippen molar-refractivity contribution in [3.8, 4) is 17.4 Å². The van der Waals surface area contributed by atoms with Crippen LogP contribution >= 0.6 is 11.6 Å². The monoisotopic (exact) mass is 295 g/mol. The van der Waals surface area contributed by atoms with E-state index in [1.165, 1.54) is 7.11 Å². The first-order chi connectivity index (χ1) is 9.52. The lowest BCUT2D eigenvalue weighted by molar-refractivity contribution is -0.386. The van der Waals surface area contributed by atoms with Crippen LogP contribution in [0.3, 0.4) is 0 Å². The summed E-state index contributed by atoms with van der Waals surface area (Å²) in [6.07, 6.45) is 1.09. The van der Waals surface area contributed by atoms with E-state index in [2.05, 4.69) is 9.97 Å². The van der Waals surface area contributed by atoms with Crippen molar-refractivity contribution >= 4 is 17.3 Å². The van der Waals surface area contributed by atoms with E-state index in [1.54, 1.807) is 18.2 Å². The number of aromatic nitrogens is 2. The maximum Gasteiger partial charge on any atom is 0.368 e. The van der Waals surface area contributed by atoms with Crippen molar-refractivity contribution in [2.24, 2.45) is 0 Å². The maximum absolute atomic E-state index is 11.0. The third-order valence-electron chi connectivity index (χ3n) is 2.45. The van der Waals surface area contributed by atoms with Crippen molar-refractivity contribution in [1.82, 2.24) is 9.97 Å². The van der Waals surface area contributed by atoms with Gasteiger partial charge in [0.25, 0.3) is 0 Å². The van der Waals surface area contributed by atoms with Crippen LogP contribution in [0.2, 0.25) is 5.15 Å². The van der Waals surface area contributed by atoms with E-state index in [0.717, 1.165) is 11.9 Å². The highest BCUT2D eigenvalue weighted by atomic mass is 35.5. The largest absolute Gasteiger partial charge is 0.493 e. The van der Waals surface area contributed by atoms with Crippen LogP contribution in [0.15, 0.2) is 24.5 Å². The molecule has 2 aromatic rings. The Balaban J connectivity index is 2.45. The predicted octanol–water partition coefficient (Wildman–Crippen LogP) is 3.15. The fourth-order valence-corrected chi connectivity index (χ4v) is 1.73. The molecular formula is C12H10ClN3O4. The number of nitro groups is 1. The standard InChI is InChI=1S/C12H10ClN3O4/c1-7-3-4-8(9(5-7)19-2)20-12-10(16(17)18)11(13)14-6-15-12/h3-6H,1-2H3. The lowest BCUT2D eigenvalue weighted by Gasteiger charge is -2.10. The van der Waals surface area contributed by atoms with Crippen LogP contribution in [0.4, 0.5) is 5.69 Å². The van der Waals surface area contributed by atoms with Gasteiger partial charge in [-0.2, -0.15) is 4.98 Å². The maximum atomic E-state index is 11.0. The predicted molar refractivity (Wildman–Crippen MR) is 71.5 cm³/mol. The van der Waals surface area contributed by atoms with E-state index in [1.807, 2.05) is 6.92 Å². The van der Waals surface area contributed by atoms with Gasteiger partial charge in [0.05, 0.1) is 12.0 Å². The minimum absolute atomic E-state index is 0.239. The summed E-state index contributed by atoms with van der Waals surface area (Å²) in [7, 11) is 1.48. The SMILES string of the molecule is COc1cc(C)ccc1Oc1ncnc(Cl)c1[N+](=O)[O-]. The molecule has 8 heteroatoms. The molecule has 1 aromatic carbocycles. The van der Waals surface area contributed by atoms with E-state index in [9.17, 15) is 10.1 Å². The van der Waals surface area contributed by atoms with E-state index >= 15 is 0 Å². The number of rotatable bonds is 4. The van der Waals surface area contributed by atoms with E-state index in [-0.39, 0.29) is 11.0 Å². The Morgan fingerprint density at radius 2 is 2.05 bits per heavy atom. The molecule has 0 unspecified atom stereocenters. The van der Waals surface area contributed by atoms with E-state index < -0.39 is 10.6 Å². The lowest BCUT2D eigenvalue weighted by atomic mass is 10.2. The summed E-state index contributed by atoms with van der Waals surface area (Å²) in [5.41, 5.74) is 0.473. The molecule has 0 N–H and O–H groups in total. The zero-order valence-corrected chi connectivity index (χ0v) is 11.4. The smallest absolute Gasteiger partial charge is 0.368 e. The van der Waals surface area contributed by atoms with Gasteiger partial charge in [0.2, 0.25) is 5.15 Å². The minimum Gasteiger partial charge on any atom is -0.493 e. The molecule has 1 heterocycles. The normalized spacial score (nSPS) is 10.2. The molecule has 0 saturated carbocycles. The van der Waals surface area contributed by atoms with Gasteiger partial charge >= 0.3 is 11.6 Å². The molecule has 20 heavy (non-hydrogen) atoms. The average molecular weight is 296 g/mol. The molecule has 0 fully saturated rings. The first-order valence-corrected chi connectivity index (χ1v) is 5.88. The number of halogens is 1. The Morgan fingerprint density at radius 1 is 1.30 bits per heavy atom. The zero-order valence-electron chi connectivity index (χ0n) is 10.7. The summed E-state index contributed by atoms with van der Waals surface area (Å²) < 4.78 is 10.6. The van der Waals surface area contributed by atoms with Crippen LogP contribution in [-0.4, -0.2) is 22.0 Å². The first-order valence-electron chi connectivity index (χ1n) is 5.50. The van der Waals surface area contributed by atoms with Gasteiger partial charge in [-0.25, -0.2) is 4.98 Å². The molecule has 0 aliphatic rings. The highest BCUT2D eigenvalue weighted by molar-refractivity contribution is 6.31. The van der Waals surface area contributed by atoms with E-state index in [0.29, 0.717) is 11.5 Å². The number of nitrogens with zero attached hydrogens (tertiary/aromatic N) is 3. The summed E-state index contributed by atoms with van der Waals surface area (Å²) in [6, 6.07) is 5.16. The molecular weight excluding hydrogens is 286 g/mol. The lowest BCUT2D eigenvalue weighted by Crippen LogP contribution is -1.99. The van der Waals surface area contributed by atoms with Crippen molar-refractivity contribution < 1.29 is 14.4 Å². The highest BCUT2D eigenvalue weighted by Gasteiger charge is 2.24. The van der Waals surface area contributed by atoms with Gasteiger partial charge < -0.3 is 9.47 Å². The second-order valence-electron chi connectivity index (χ2n) is 3.83. The third kappa shape index (κ3) is 2.77. The van der Waals surface area contributed by atoms with Crippen LogP contribution in [0.5, 0.6) is 17.4 Å². The summed E-state index contributed by atoms with van der Waals surface area (Å²) in [5.74, 6) is 0.502. The van der Waals surface area contributed by atoms with Gasteiger partial charge in [0.15, 0.2) is 11.5 Å². The number of methoxy groups -OCH3 is 1. The molecule has 0 aliphatic heterocycles. The van der Waals surface area contributed by atoms with Crippen LogP contribution in [0.25, 0.3) is 0 Å². The molecule has 0 atom stereocenters. The summed E-state index contributed by atoms with van der Waals surface area (Å²) >= 11 is 5.69. The number of hydrogen-bond donors (Lipinski definition) is 0. The molecule has 0 amide bonds. The third-order valence-corrected chi connectivity index (χ3v) is 2.73. The number of benzene rings is 1. The topological polar surface area (TPSA) is 87.4 Å². The Kier molecular flexibility index (Phi) is 3.99. The van der Waals surface area contributed by atoms with Crippen LogP contribution in [0.1, 0.15) is 5.56 Å². The second kappa shape index (κ2) is 5.70. The Bertz CT molecular complexity index is 663. The molecule has 1 aromatic heterocycles. The molecule has 104 valence electrons. The van der Waals surface area contributed by atoms with Gasteiger partial charge in [-0.15, -0.1) is 0 Å². The zero-order chi connectivity index (χ0) is 14.7. The van der Waals surface area contributed by atoms with Crippen molar-refractivity contribution in [2.75, 3.05) is 7.11 Å². The molecule has 0 saturated heterocycles. The molecule has 0 radical (unpaired) electrons. The van der Waals surface area contributed by atoms with Crippen molar-refractivity contribution in [3.05, 3.63) is 45.4 Å². The number of aryl methyl sites for hydroxylation is 1. The van der Waals surface area contributed by atoms with Gasteiger partial charge in [0.1, 0.15) is 6.33 Å². The molecule has 0 spiro atoms. The Hall–Kier alpha value is -2.41. The average Bonchev–Trinajstić information content (AvgIpc) is 2.40. The number of hydrogen-bond acceptors (Lipinski definition) is 6. The molecule has 2 rings (SSSR count). The molecule has 0 aliphatic carbocycles. The van der Waals surface area contributed by atoms with Crippen molar-refractivity contribution in [1.29, 1.82) is 0 Å². The molecule has 0 bridgehead atoms. The summed E-state index contributed by atoms with van der Waals surface area (Å²) in [4.78, 5) is 17.6. The number of ether oxygens (including phenoxy) is 2. The van der Waals surface area contributed by atoms with Crippen molar-refractivity contribution in [3.63, 3.8) is 0 Å². The summed E-state index contributed by atoms with van der Waals surface area (Å²) in [6.45, 7) is 1.89. The fraction of sp³-hybridized carbons (Fsp3) is 0.167. The summed E-state index contributed by atoms with van der Waals surface area (Å²) in [5, 5.41) is 10.7. The molecule has 7 nitrogen and oxygen atoms in total. The van der Waals surface area contributed by atoms with Gasteiger partial charge in [0, 0.05) is 0 Å². The Morgan fingerprint density at radius 3 is 2.70 bits per heavy atom. The highest BCUT2D eigenvalue weighted by Crippen LogP contribution is 2.37. The van der Waals surface area contributed by atoms with Crippen molar-refractivity contribution in [2.45, 2.75) is 6.92 Å². The fourth-order valence-electron chi connectivity index (χ4n) is 1.53. The Labute approximate surface area is 119 Å². The van der Waals surface area contributed by atoms with E-state index in [4.69, 9.17) is 21.1 Å². The quantitative estimate of drug-likeness (QED) is 0.489. The van der Waals surface area contributed by atoms with Crippen LogP contribution < -0.4 is 9.47 Å². The second-order valence-corrected chi connectivity index (χ2v) is 4.19. The minimum atomic E-state index is -0.696. The van der Waals surface area contributed by atoms with Gasteiger partial charge in [-0.3, -0.25) is 10.1 Å². The van der Waals surface area contributed by atoms with Crippen LogP contribution in [-0.2, 0) is 0 Å². The first kappa shape index (κ1) is 14.0. The van der Waals surface area contributed by atoms with Gasteiger partial charge in [-0.1, -0.05) is 17.7 Å².